The van der Waals surface area contributed by atoms with Gasteiger partial charge in [0.15, 0.2) is 0 Å². The Bertz CT molecular complexity index is 3190. The minimum atomic E-state index is -1.18. The number of carbonyl (C=O) groups is 6. The third kappa shape index (κ3) is 21.0. The molecule has 17 nitrogen and oxygen atoms in total. The Hall–Kier alpha value is -6.32. The molecule has 2 aliphatic rings. The molecule has 2 heterocycles. The fraction of sp³-hybridized carbons (Fsp3) is 0.323. The van der Waals surface area contributed by atoms with Crippen LogP contribution in [0.4, 0.5) is 11.4 Å². The molecule has 2 fully saturated rings. The number of carbonyl (C=O) groups excluding carboxylic acids is 5. The summed E-state index contributed by atoms with van der Waals surface area (Å²) in [7, 11) is 0. The van der Waals surface area contributed by atoms with E-state index in [1.807, 2.05) is 13.8 Å². The zero-order chi connectivity index (χ0) is 61.7. The second-order valence-electron chi connectivity index (χ2n) is 20.1. The number of nitrogens with one attached hydrogen (secondary N) is 4. The van der Waals surface area contributed by atoms with Gasteiger partial charge in [0.05, 0.1) is 84.9 Å². The van der Waals surface area contributed by atoms with Crippen LogP contribution in [0.5, 0.6) is 0 Å². The number of aryl methyl sites for hydroxylation is 2. The average Bonchev–Trinajstić information content (AvgIpc) is 3.64. The zero-order valence-electron chi connectivity index (χ0n) is 47.1. The first kappa shape index (κ1) is 67.8. The lowest BCUT2D eigenvalue weighted by Gasteiger charge is -2.29. The Labute approximate surface area is 524 Å². The fourth-order valence-corrected chi connectivity index (χ4v) is 10.8. The van der Waals surface area contributed by atoms with Gasteiger partial charge in [-0.3, -0.25) is 29.0 Å². The molecular formula is C62H66Cl6N6O11. The Morgan fingerprint density at radius 2 is 0.835 bits per heavy atom. The van der Waals surface area contributed by atoms with Gasteiger partial charge in [-0.05, 0) is 111 Å². The number of rotatable bonds is 19. The second kappa shape index (κ2) is 33.5. The number of esters is 1. The summed E-state index contributed by atoms with van der Waals surface area (Å²) in [4.78, 5) is 80.7. The minimum absolute atomic E-state index is 0.0368. The number of benzene rings is 6. The Morgan fingerprint density at radius 1 is 0.494 bits per heavy atom. The molecule has 0 saturated carbocycles. The Morgan fingerprint density at radius 3 is 1.20 bits per heavy atom. The van der Waals surface area contributed by atoms with Crippen molar-refractivity contribution in [1.82, 2.24) is 20.4 Å². The molecule has 0 aromatic heterocycles. The van der Waals surface area contributed by atoms with Crippen molar-refractivity contribution in [3.63, 3.8) is 0 Å². The molecule has 6 aromatic rings. The molecule has 4 atom stereocenters. The van der Waals surface area contributed by atoms with Gasteiger partial charge < -0.3 is 45.7 Å². The van der Waals surface area contributed by atoms with E-state index in [4.69, 9.17) is 88.9 Å². The maximum atomic E-state index is 13.4. The molecule has 0 aliphatic carbocycles. The van der Waals surface area contributed by atoms with Gasteiger partial charge in [-0.25, -0.2) is 9.59 Å². The number of anilines is 2. The van der Waals surface area contributed by atoms with E-state index in [9.17, 15) is 33.9 Å². The third-order valence-corrected chi connectivity index (χ3v) is 15.2. The second-order valence-corrected chi connectivity index (χ2v) is 22.5. The summed E-state index contributed by atoms with van der Waals surface area (Å²) >= 11 is 36.9. The summed E-state index contributed by atoms with van der Waals surface area (Å²) in [5.41, 5.74) is 4.57. The molecule has 8 rings (SSSR count). The summed E-state index contributed by atoms with van der Waals surface area (Å²) in [5, 5.41) is 30.9. The molecule has 85 heavy (non-hydrogen) atoms. The number of aliphatic hydroxyl groups is 1. The van der Waals surface area contributed by atoms with Crippen molar-refractivity contribution in [2.45, 2.75) is 64.8 Å². The molecule has 23 heteroatoms. The maximum Gasteiger partial charge on any atom is 0.329 e. The van der Waals surface area contributed by atoms with Crippen LogP contribution in [0.25, 0.3) is 0 Å². The van der Waals surface area contributed by atoms with Crippen molar-refractivity contribution in [1.29, 1.82) is 0 Å². The molecule has 0 bridgehead atoms. The predicted molar refractivity (Wildman–Crippen MR) is 333 cm³/mol. The molecule has 6 N–H and O–H groups in total. The molecule has 6 aromatic carbocycles. The van der Waals surface area contributed by atoms with Crippen LogP contribution in [0.3, 0.4) is 0 Å². The van der Waals surface area contributed by atoms with Gasteiger partial charge in [-0.2, -0.15) is 0 Å². The largest absolute Gasteiger partial charge is 0.480 e. The van der Waals surface area contributed by atoms with Crippen LogP contribution in [-0.4, -0.2) is 146 Å². The first-order chi connectivity index (χ1) is 40.6. The number of aliphatic hydroxyl groups excluding tert-OH is 1. The SMILES string of the molecule is CC(O)CN1CCOCC1.Cc1cccc(Cl)c1C(=O)NC(Cc1ccc(NC(=O)c2c(Cl)cccc2Cl)cc1)C(=O)O.Cc1cccc(Cl)c1C(=O)NC(Cc1ccc(NC(=O)c2c(Cl)cccc2Cl)cc1)C(=O)OC(C)CN1CCOCC1. The van der Waals surface area contributed by atoms with E-state index in [2.05, 4.69) is 31.1 Å². The predicted octanol–water partition coefficient (Wildman–Crippen LogP) is 11.1. The standard InChI is InChI=1S/C31H32Cl3N3O5.C24H19Cl3N2O4.C7H15NO2/c1-19-5-3-6-23(32)27(19)29(38)36-26(31(40)42-20(2)18-37-13-15-41-16-14-37)17-21-9-11-22(12-10-21)35-30(39)28-24(33)7-4-8-25(28)34;1-13-4-2-5-16(25)20(13)22(30)29-19(24(32)33)12-14-8-10-15(11-9-14)28-23(31)21-17(26)6-3-7-18(21)27;1-7(9)6-8-2-4-10-5-3-8/h3-12,20,26H,13-18H2,1-2H3,(H,35,39)(H,36,38);2-11,19H,12H2,1H3,(H,28,31)(H,29,30)(H,32,33);7,9H,2-6H2,1H3. The van der Waals surface area contributed by atoms with E-state index >= 15 is 0 Å². The van der Waals surface area contributed by atoms with Crippen molar-refractivity contribution >= 4 is 117 Å². The molecule has 0 radical (unpaired) electrons. The van der Waals surface area contributed by atoms with E-state index in [0.29, 0.717) is 58.4 Å². The van der Waals surface area contributed by atoms with Crippen LogP contribution >= 0.6 is 69.6 Å². The number of carboxylic acid groups (broad SMARTS) is 1. The van der Waals surface area contributed by atoms with Gasteiger partial charge in [-0.1, -0.05) is 130 Å². The highest BCUT2D eigenvalue weighted by atomic mass is 35.5. The number of hydrogen-bond donors (Lipinski definition) is 6. The van der Waals surface area contributed by atoms with Gasteiger partial charge in [0.1, 0.15) is 18.2 Å². The highest BCUT2D eigenvalue weighted by molar-refractivity contribution is 6.41. The number of halogens is 6. The lowest BCUT2D eigenvalue weighted by atomic mass is 10.0. The van der Waals surface area contributed by atoms with Crippen LogP contribution in [-0.2, 0) is 36.6 Å². The minimum Gasteiger partial charge on any atom is -0.480 e. The third-order valence-electron chi connectivity index (χ3n) is 13.3. The van der Waals surface area contributed by atoms with Gasteiger partial charge in [0.2, 0.25) is 0 Å². The number of aliphatic carboxylic acids is 1. The number of nitrogens with zero attached hydrogens (tertiary/aromatic N) is 2. The van der Waals surface area contributed by atoms with Gasteiger partial charge in [0.25, 0.3) is 23.6 Å². The van der Waals surface area contributed by atoms with Crippen molar-refractivity contribution in [3.05, 3.63) is 196 Å². The molecule has 2 aliphatic heterocycles. The normalized spacial score (nSPS) is 14.8. The van der Waals surface area contributed by atoms with Crippen molar-refractivity contribution in [2.24, 2.45) is 0 Å². The first-order valence-corrected chi connectivity index (χ1v) is 29.4. The van der Waals surface area contributed by atoms with Crippen LogP contribution < -0.4 is 21.3 Å². The maximum absolute atomic E-state index is 13.4. The highest BCUT2D eigenvalue weighted by Crippen LogP contribution is 2.28. The van der Waals surface area contributed by atoms with Crippen molar-refractivity contribution in [3.8, 4) is 0 Å². The van der Waals surface area contributed by atoms with Crippen LogP contribution in [0.2, 0.25) is 30.1 Å². The number of hydrogen-bond acceptors (Lipinski definition) is 12. The lowest BCUT2D eigenvalue weighted by Crippen LogP contribution is -2.46. The molecular weight excluding hydrogens is 1220 g/mol. The number of ether oxygens (including phenoxy) is 3. The Kier molecular flexibility index (Phi) is 26.8. The molecule has 4 unspecified atom stereocenters. The fourth-order valence-electron chi connectivity index (χ4n) is 9.05. The van der Waals surface area contributed by atoms with E-state index in [1.54, 1.807) is 135 Å². The van der Waals surface area contributed by atoms with Gasteiger partial charge in [-0.15, -0.1) is 0 Å². The number of carboxylic acids is 1. The van der Waals surface area contributed by atoms with Crippen LogP contribution in [0, 0.1) is 13.8 Å². The molecule has 452 valence electrons. The first-order valence-electron chi connectivity index (χ1n) is 27.1. The summed E-state index contributed by atoms with van der Waals surface area (Å²) < 4.78 is 16.3. The molecule has 2 saturated heterocycles. The number of β-amino-alcohol motifs (C(OH)–C–C–N with tert-alkyl or cyclic N) is 1. The Balaban J connectivity index is 0.000000238. The topological polar surface area (TPSA) is 225 Å². The van der Waals surface area contributed by atoms with Crippen molar-refractivity contribution < 1.29 is 53.2 Å². The van der Waals surface area contributed by atoms with E-state index in [1.165, 1.54) is 0 Å². The highest BCUT2D eigenvalue weighted by Gasteiger charge is 2.29. The molecule has 0 spiro atoms. The summed E-state index contributed by atoms with van der Waals surface area (Å²) in [6.07, 6.45) is -0.415. The van der Waals surface area contributed by atoms with E-state index < -0.39 is 53.8 Å². The van der Waals surface area contributed by atoms with Gasteiger partial charge >= 0.3 is 11.9 Å². The smallest absolute Gasteiger partial charge is 0.329 e. The van der Waals surface area contributed by atoms with Crippen LogP contribution in [0.15, 0.2) is 121 Å². The van der Waals surface area contributed by atoms with Crippen molar-refractivity contribution in [2.75, 3.05) is 76.3 Å². The number of amides is 4. The lowest BCUT2D eigenvalue weighted by molar-refractivity contribution is -0.151. The summed E-state index contributed by atoms with van der Waals surface area (Å²) in [6, 6.07) is 31.1. The van der Waals surface area contributed by atoms with Gasteiger partial charge in [0, 0.05) is 63.5 Å². The van der Waals surface area contributed by atoms with E-state index in [0.717, 1.165) is 51.5 Å². The van der Waals surface area contributed by atoms with E-state index in [-0.39, 0.29) is 60.7 Å². The van der Waals surface area contributed by atoms with Crippen LogP contribution in [0.1, 0.15) is 77.5 Å². The molecule has 4 amide bonds. The zero-order valence-corrected chi connectivity index (χ0v) is 51.6. The number of morpholine rings is 2. The monoisotopic (exact) mass is 1280 g/mol. The average molecular weight is 1280 g/mol. The quantitative estimate of drug-likeness (QED) is 0.0416. The summed E-state index contributed by atoms with van der Waals surface area (Å²) in [5.74, 6) is -3.69. The summed E-state index contributed by atoms with van der Waals surface area (Å²) in [6.45, 7) is 14.8.